The number of halogens is 1. The van der Waals surface area contributed by atoms with E-state index in [1.54, 1.807) is 24.2 Å². The molecule has 1 aliphatic rings. The van der Waals surface area contributed by atoms with E-state index in [2.05, 4.69) is 27.3 Å². The SMILES string of the molecule is CCSN1CC(CC#N)(n2ccc(-c3ncnc4c3ccn4SF)n2)C1. The number of hydrogen-bond acceptors (Lipinski definition) is 7. The van der Waals surface area contributed by atoms with Crippen molar-refractivity contribution in [1.82, 2.24) is 28.0 Å². The van der Waals surface area contributed by atoms with Gasteiger partial charge in [0, 0.05) is 36.6 Å². The van der Waals surface area contributed by atoms with Gasteiger partial charge in [0.05, 0.1) is 12.5 Å². The van der Waals surface area contributed by atoms with E-state index in [1.165, 1.54) is 10.3 Å². The highest BCUT2D eigenvalue weighted by molar-refractivity contribution is 7.97. The van der Waals surface area contributed by atoms with Crippen LogP contribution in [0, 0.1) is 11.3 Å². The molecule has 3 aromatic heterocycles. The van der Waals surface area contributed by atoms with Crippen molar-refractivity contribution in [1.29, 1.82) is 5.26 Å². The molecule has 1 saturated heterocycles. The smallest absolute Gasteiger partial charge is 0.171 e. The van der Waals surface area contributed by atoms with Gasteiger partial charge in [-0.05, 0) is 12.1 Å². The molecule has 26 heavy (non-hydrogen) atoms. The van der Waals surface area contributed by atoms with Crippen molar-refractivity contribution in [3.8, 4) is 17.5 Å². The maximum atomic E-state index is 13.0. The van der Waals surface area contributed by atoms with E-state index in [1.807, 2.05) is 16.9 Å². The molecular formula is C16H16FN7S2. The first kappa shape index (κ1) is 17.3. The summed E-state index contributed by atoms with van der Waals surface area (Å²) in [6.07, 6.45) is 5.34. The maximum absolute atomic E-state index is 13.0. The van der Waals surface area contributed by atoms with Crippen molar-refractivity contribution in [3.05, 3.63) is 30.9 Å². The molecule has 4 rings (SSSR count). The third kappa shape index (κ3) is 2.76. The minimum atomic E-state index is -0.304. The van der Waals surface area contributed by atoms with Gasteiger partial charge < -0.3 is 0 Å². The van der Waals surface area contributed by atoms with Gasteiger partial charge in [0.25, 0.3) is 0 Å². The zero-order chi connectivity index (χ0) is 18.1. The van der Waals surface area contributed by atoms with Crippen molar-refractivity contribution in [2.45, 2.75) is 18.9 Å². The van der Waals surface area contributed by atoms with Gasteiger partial charge in [-0.1, -0.05) is 18.9 Å². The van der Waals surface area contributed by atoms with Crippen LogP contribution in [0.4, 0.5) is 3.89 Å². The van der Waals surface area contributed by atoms with E-state index in [4.69, 9.17) is 5.10 Å². The average Bonchev–Trinajstić information content (AvgIpc) is 3.26. The molecule has 10 heteroatoms. The normalized spacial score (nSPS) is 16.5. The summed E-state index contributed by atoms with van der Waals surface area (Å²) in [7, 11) is 0. The first-order valence-corrected chi connectivity index (χ1v) is 9.75. The largest absolute Gasteiger partial charge is 0.262 e. The molecule has 0 N–H and O–H groups in total. The zero-order valence-electron chi connectivity index (χ0n) is 14.0. The lowest BCUT2D eigenvalue weighted by Crippen LogP contribution is -2.60. The molecule has 4 heterocycles. The van der Waals surface area contributed by atoms with Crippen LogP contribution in [0.5, 0.6) is 0 Å². The van der Waals surface area contributed by atoms with Gasteiger partial charge >= 0.3 is 0 Å². The van der Waals surface area contributed by atoms with Gasteiger partial charge in [-0.3, -0.25) is 4.68 Å². The number of hydrogen-bond donors (Lipinski definition) is 0. The van der Waals surface area contributed by atoms with E-state index >= 15 is 0 Å². The summed E-state index contributed by atoms with van der Waals surface area (Å²) in [5.74, 6) is 1.01. The second-order valence-electron chi connectivity index (χ2n) is 6.09. The second-order valence-corrected chi connectivity index (χ2v) is 7.97. The Hall–Kier alpha value is -2.09. The van der Waals surface area contributed by atoms with E-state index in [0.29, 0.717) is 23.5 Å². The van der Waals surface area contributed by atoms with E-state index < -0.39 is 0 Å². The molecule has 0 aromatic carbocycles. The van der Waals surface area contributed by atoms with Gasteiger partial charge in [0.1, 0.15) is 23.3 Å². The average molecular weight is 389 g/mol. The number of fused-ring (bicyclic) bond motifs is 1. The molecule has 0 saturated carbocycles. The Bertz CT molecular complexity index is 971. The zero-order valence-corrected chi connectivity index (χ0v) is 15.7. The monoisotopic (exact) mass is 389 g/mol. The van der Waals surface area contributed by atoms with Gasteiger partial charge in [0.15, 0.2) is 18.0 Å². The van der Waals surface area contributed by atoms with Crippen molar-refractivity contribution in [2.75, 3.05) is 18.8 Å². The highest BCUT2D eigenvalue weighted by Gasteiger charge is 2.45. The lowest BCUT2D eigenvalue weighted by molar-refractivity contribution is 0.0814. The molecule has 134 valence electrons. The van der Waals surface area contributed by atoms with Crippen LogP contribution in [0.25, 0.3) is 22.4 Å². The fourth-order valence-corrected chi connectivity index (χ4v) is 4.62. The number of nitrogens with zero attached hydrogens (tertiary/aromatic N) is 7. The van der Waals surface area contributed by atoms with Crippen LogP contribution in [-0.4, -0.2) is 46.9 Å². The molecular weight excluding hydrogens is 373 g/mol. The van der Waals surface area contributed by atoms with Crippen molar-refractivity contribution in [2.24, 2.45) is 0 Å². The molecule has 0 bridgehead atoms. The first-order chi connectivity index (χ1) is 12.7. The molecule has 0 aliphatic carbocycles. The molecule has 7 nitrogen and oxygen atoms in total. The topological polar surface area (TPSA) is 75.6 Å². The van der Waals surface area contributed by atoms with Crippen LogP contribution in [0.2, 0.25) is 0 Å². The Kier molecular flexibility index (Phi) is 4.60. The first-order valence-electron chi connectivity index (χ1n) is 8.13. The van der Waals surface area contributed by atoms with Gasteiger partial charge in [-0.25, -0.2) is 18.2 Å². The number of rotatable bonds is 6. The second kappa shape index (κ2) is 6.90. The van der Waals surface area contributed by atoms with Crippen molar-refractivity contribution >= 4 is 35.3 Å². The minimum absolute atomic E-state index is 0.0994. The van der Waals surface area contributed by atoms with Crippen LogP contribution in [0.15, 0.2) is 30.9 Å². The van der Waals surface area contributed by atoms with Gasteiger partial charge in [-0.15, -0.1) is 3.89 Å². The summed E-state index contributed by atoms with van der Waals surface area (Å²) in [6, 6.07) is 5.96. The Morgan fingerprint density at radius 3 is 2.88 bits per heavy atom. The Labute approximate surface area is 158 Å². The minimum Gasteiger partial charge on any atom is -0.262 e. The predicted octanol–water partition coefficient (Wildman–Crippen LogP) is 3.27. The number of nitriles is 1. The van der Waals surface area contributed by atoms with E-state index in [0.717, 1.165) is 24.2 Å². The predicted molar refractivity (Wildman–Crippen MR) is 101 cm³/mol. The summed E-state index contributed by atoms with van der Waals surface area (Å²) in [5.41, 5.74) is 1.56. The highest BCUT2D eigenvalue weighted by Crippen LogP contribution is 2.37. The third-order valence-corrected chi connectivity index (χ3v) is 5.83. The molecule has 0 spiro atoms. The molecule has 0 amide bonds. The summed E-state index contributed by atoms with van der Waals surface area (Å²) in [6.45, 7) is 3.69. The lowest BCUT2D eigenvalue weighted by Gasteiger charge is -2.48. The molecule has 0 unspecified atom stereocenters. The Morgan fingerprint density at radius 2 is 2.15 bits per heavy atom. The Balaban J connectivity index is 1.68. The Morgan fingerprint density at radius 1 is 1.31 bits per heavy atom. The van der Waals surface area contributed by atoms with Gasteiger partial charge in [0.2, 0.25) is 0 Å². The summed E-state index contributed by atoms with van der Waals surface area (Å²) >= 11 is 1.87. The van der Waals surface area contributed by atoms with Crippen LogP contribution < -0.4 is 0 Å². The molecule has 3 aromatic rings. The van der Waals surface area contributed by atoms with E-state index in [-0.39, 0.29) is 17.9 Å². The van der Waals surface area contributed by atoms with Crippen molar-refractivity contribution in [3.63, 3.8) is 0 Å². The van der Waals surface area contributed by atoms with Crippen LogP contribution >= 0.6 is 24.3 Å². The quantitative estimate of drug-likeness (QED) is 0.599. The third-order valence-electron chi connectivity index (χ3n) is 4.50. The van der Waals surface area contributed by atoms with Crippen molar-refractivity contribution < 1.29 is 3.89 Å². The molecule has 0 radical (unpaired) electrons. The van der Waals surface area contributed by atoms with Crippen LogP contribution in [-0.2, 0) is 5.54 Å². The summed E-state index contributed by atoms with van der Waals surface area (Å²) in [5, 5.41) is 14.7. The summed E-state index contributed by atoms with van der Waals surface area (Å²) < 4.78 is 18.5. The van der Waals surface area contributed by atoms with Crippen LogP contribution in [0.1, 0.15) is 13.3 Å². The fourth-order valence-electron chi connectivity index (χ4n) is 3.27. The molecule has 1 aliphatic heterocycles. The van der Waals surface area contributed by atoms with Gasteiger partial charge in [-0.2, -0.15) is 10.4 Å². The molecule has 1 fully saturated rings. The molecule has 0 atom stereocenters. The lowest BCUT2D eigenvalue weighted by atomic mass is 9.89. The maximum Gasteiger partial charge on any atom is 0.171 e. The summed E-state index contributed by atoms with van der Waals surface area (Å²) in [4.78, 5) is 8.49. The number of aromatic nitrogens is 5. The standard InChI is InChI=1S/C16H16FN7S2/c1-2-25-22-9-16(10-22,5-6-18)24-8-4-13(21-24)14-12-3-7-23(26-17)15(12)20-11-19-14/h3-4,7-8,11H,2,5,9-10H2,1H3. The van der Waals surface area contributed by atoms with Crippen LogP contribution in [0.3, 0.4) is 0 Å². The highest BCUT2D eigenvalue weighted by atomic mass is 32.2. The fraction of sp³-hybridized carbons (Fsp3) is 0.375. The van der Waals surface area contributed by atoms with E-state index in [9.17, 15) is 9.15 Å².